The molecule has 2 saturated heterocycles. The number of ketones is 1. The van der Waals surface area contributed by atoms with E-state index in [1.165, 1.54) is 0 Å². The number of likely N-dealkylation sites (tertiary alicyclic amines) is 2. The highest BCUT2D eigenvalue weighted by Crippen LogP contribution is 2.39. The Hall–Kier alpha value is -2.11. The molecule has 142 valence electrons. The van der Waals surface area contributed by atoms with Crippen molar-refractivity contribution >= 4 is 17.6 Å². The van der Waals surface area contributed by atoms with Crippen LogP contribution in [-0.4, -0.2) is 58.1 Å². The van der Waals surface area contributed by atoms with E-state index in [1.54, 1.807) is 34.8 Å². The standard InChI is InChI=1S/C20H29N3O3/c1-3-4-12-22-14-20(10-8-17(22)24)9-6-13-23(15-20)19(26)18(25)16-7-5-11-21(16)2/h5,7,11H,3-4,6,8-10,12-15H2,1-2H3/t20-/m1/s1. The maximum Gasteiger partial charge on any atom is 0.296 e. The van der Waals surface area contributed by atoms with Gasteiger partial charge in [0.25, 0.3) is 11.7 Å². The molecule has 1 spiro atoms. The van der Waals surface area contributed by atoms with Gasteiger partial charge >= 0.3 is 0 Å². The van der Waals surface area contributed by atoms with Gasteiger partial charge in [0.05, 0.1) is 5.69 Å². The third kappa shape index (κ3) is 3.69. The molecule has 0 radical (unpaired) electrons. The fourth-order valence-corrected chi connectivity index (χ4v) is 4.32. The highest BCUT2D eigenvalue weighted by atomic mass is 16.2. The molecule has 1 aromatic rings. The fourth-order valence-electron chi connectivity index (χ4n) is 4.32. The van der Waals surface area contributed by atoms with E-state index in [-0.39, 0.29) is 11.3 Å². The predicted octanol–water partition coefficient (Wildman–Crippen LogP) is 2.24. The van der Waals surface area contributed by atoms with Crippen molar-refractivity contribution in [3.63, 3.8) is 0 Å². The molecule has 6 nitrogen and oxygen atoms in total. The Labute approximate surface area is 155 Å². The summed E-state index contributed by atoms with van der Waals surface area (Å²) >= 11 is 0. The van der Waals surface area contributed by atoms with Crippen LogP contribution in [0.1, 0.15) is 55.9 Å². The van der Waals surface area contributed by atoms with Crippen molar-refractivity contribution in [3.05, 3.63) is 24.0 Å². The Balaban J connectivity index is 1.70. The first kappa shape index (κ1) is 18.7. The van der Waals surface area contributed by atoms with Gasteiger partial charge in [-0.15, -0.1) is 0 Å². The number of aromatic nitrogens is 1. The van der Waals surface area contributed by atoms with Gasteiger partial charge in [-0.25, -0.2) is 0 Å². The van der Waals surface area contributed by atoms with Gasteiger partial charge in [0.1, 0.15) is 0 Å². The Bertz CT molecular complexity index is 696. The molecule has 2 aliphatic heterocycles. The van der Waals surface area contributed by atoms with E-state index in [9.17, 15) is 14.4 Å². The molecule has 0 saturated carbocycles. The number of hydrogen-bond donors (Lipinski definition) is 0. The second-order valence-electron chi connectivity index (χ2n) is 7.83. The van der Waals surface area contributed by atoms with Crippen LogP contribution in [-0.2, 0) is 16.6 Å². The van der Waals surface area contributed by atoms with Crippen molar-refractivity contribution in [2.45, 2.75) is 45.4 Å². The lowest BCUT2D eigenvalue weighted by molar-refractivity contribution is -0.141. The zero-order chi connectivity index (χ0) is 18.7. The summed E-state index contributed by atoms with van der Waals surface area (Å²) in [6, 6.07) is 3.46. The summed E-state index contributed by atoms with van der Waals surface area (Å²) < 4.78 is 1.69. The van der Waals surface area contributed by atoms with Gasteiger partial charge in [0.15, 0.2) is 0 Å². The minimum absolute atomic E-state index is 0.0515. The summed E-state index contributed by atoms with van der Waals surface area (Å²) in [5.74, 6) is -0.625. The Morgan fingerprint density at radius 2 is 2.04 bits per heavy atom. The number of unbranched alkanes of at least 4 members (excludes halogenated alkanes) is 1. The number of Topliss-reactive ketones (excluding diaryl/α,β-unsaturated/α-hetero) is 1. The Kier molecular flexibility index (Phi) is 5.49. The number of piperidine rings is 2. The van der Waals surface area contributed by atoms with Crippen LogP contribution in [0.2, 0.25) is 0 Å². The molecule has 0 aliphatic carbocycles. The highest BCUT2D eigenvalue weighted by molar-refractivity contribution is 6.42. The highest BCUT2D eigenvalue weighted by Gasteiger charge is 2.43. The molecule has 0 bridgehead atoms. The maximum atomic E-state index is 12.8. The molecule has 26 heavy (non-hydrogen) atoms. The first-order valence-electron chi connectivity index (χ1n) is 9.68. The summed E-state index contributed by atoms with van der Waals surface area (Å²) in [6.07, 6.45) is 7.13. The lowest BCUT2D eigenvalue weighted by Crippen LogP contribution is -2.56. The van der Waals surface area contributed by atoms with Crippen LogP contribution < -0.4 is 0 Å². The number of hydrogen-bond acceptors (Lipinski definition) is 3. The van der Waals surface area contributed by atoms with E-state index in [0.29, 0.717) is 31.7 Å². The number of carbonyl (C=O) groups is 3. The van der Waals surface area contributed by atoms with Gasteiger partial charge in [-0.3, -0.25) is 14.4 Å². The van der Waals surface area contributed by atoms with Gasteiger partial charge in [0.2, 0.25) is 5.91 Å². The molecule has 0 unspecified atom stereocenters. The minimum Gasteiger partial charge on any atom is -0.348 e. The van der Waals surface area contributed by atoms with E-state index < -0.39 is 11.7 Å². The molecule has 0 aromatic carbocycles. The number of rotatable bonds is 5. The van der Waals surface area contributed by atoms with Crippen molar-refractivity contribution in [2.75, 3.05) is 26.2 Å². The molecule has 3 rings (SSSR count). The van der Waals surface area contributed by atoms with Crippen LogP contribution in [0.4, 0.5) is 0 Å². The van der Waals surface area contributed by atoms with Crippen LogP contribution >= 0.6 is 0 Å². The summed E-state index contributed by atoms with van der Waals surface area (Å²) in [5.41, 5.74) is 0.377. The molecule has 3 heterocycles. The summed E-state index contributed by atoms with van der Waals surface area (Å²) in [4.78, 5) is 41.3. The quantitative estimate of drug-likeness (QED) is 0.598. The molecule has 0 N–H and O–H groups in total. The van der Waals surface area contributed by atoms with Crippen LogP contribution in [0, 0.1) is 5.41 Å². The van der Waals surface area contributed by atoms with E-state index >= 15 is 0 Å². The van der Waals surface area contributed by atoms with E-state index in [1.807, 2.05) is 4.90 Å². The van der Waals surface area contributed by atoms with Gasteiger partial charge in [-0.05, 0) is 37.8 Å². The lowest BCUT2D eigenvalue weighted by atomic mass is 9.73. The molecular weight excluding hydrogens is 330 g/mol. The summed E-state index contributed by atoms with van der Waals surface area (Å²) in [7, 11) is 1.77. The zero-order valence-corrected chi connectivity index (χ0v) is 15.9. The SMILES string of the molecule is CCCCN1C[C@@]2(CCCN(C(=O)C(=O)c3cccn3C)C2)CCC1=O. The number of carbonyl (C=O) groups excluding carboxylic acids is 3. The molecule has 1 aromatic heterocycles. The van der Waals surface area contributed by atoms with Crippen molar-refractivity contribution in [3.8, 4) is 0 Å². The molecule has 6 heteroatoms. The maximum absolute atomic E-state index is 12.8. The Morgan fingerprint density at radius 3 is 2.73 bits per heavy atom. The van der Waals surface area contributed by atoms with Crippen LogP contribution in [0.5, 0.6) is 0 Å². The molecule has 2 amide bonds. The predicted molar refractivity (Wildman–Crippen MR) is 98.7 cm³/mol. The minimum atomic E-state index is -0.440. The normalized spacial score (nSPS) is 23.5. The van der Waals surface area contributed by atoms with E-state index in [2.05, 4.69) is 6.92 Å². The van der Waals surface area contributed by atoms with E-state index in [4.69, 9.17) is 0 Å². The zero-order valence-electron chi connectivity index (χ0n) is 15.9. The van der Waals surface area contributed by atoms with Crippen molar-refractivity contribution in [1.82, 2.24) is 14.4 Å². The summed E-state index contributed by atoms with van der Waals surface area (Å²) in [5, 5.41) is 0. The number of nitrogens with zero attached hydrogens (tertiary/aromatic N) is 3. The third-order valence-electron chi connectivity index (χ3n) is 5.85. The van der Waals surface area contributed by atoms with Crippen LogP contribution in [0.15, 0.2) is 18.3 Å². The number of amides is 2. The van der Waals surface area contributed by atoms with Crippen molar-refractivity contribution in [2.24, 2.45) is 12.5 Å². The molecule has 1 atom stereocenters. The van der Waals surface area contributed by atoms with Gasteiger partial charge in [-0.1, -0.05) is 13.3 Å². The second kappa shape index (κ2) is 7.64. The summed E-state index contributed by atoms with van der Waals surface area (Å²) in [6.45, 7) is 4.85. The van der Waals surface area contributed by atoms with Gasteiger partial charge in [0, 0.05) is 51.3 Å². The van der Waals surface area contributed by atoms with Gasteiger partial charge < -0.3 is 14.4 Å². The first-order chi connectivity index (χ1) is 12.5. The van der Waals surface area contributed by atoms with Crippen LogP contribution in [0.3, 0.4) is 0 Å². The second-order valence-corrected chi connectivity index (χ2v) is 7.83. The largest absolute Gasteiger partial charge is 0.348 e. The fraction of sp³-hybridized carbons (Fsp3) is 0.650. The lowest BCUT2D eigenvalue weighted by Gasteiger charge is -2.48. The smallest absolute Gasteiger partial charge is 0.296 e. The van der Waals surface area contributed by atoms with Crippen molar-refractivity contribution < 1.29 is 14.4 Å². The first-order valence-corrected chi connectivity index (χ1v) is 9.68. The Morgan fingerprint density at radius 1 is 1.23 bits per heavy atom. The van der Waals surface area contributed by atoms with Gasteiger partial charge in [-0.2, -0.15) is 0 Å². The van der Waals surface area contributed by atoms with Crippen LogP contribution in [0.25, 0.3) is 0 Å². The molecule has 2 aliphatic rings. The molecule has 2 fully saturated rings. The average molecular weight is 359 g/mol. The topological polar surface area (TPSA) is 62.6 Å². The third-order valence-corrected chi connectivity index (χ3v) is 5.85. The monoisotopic (exact) mass is 359 g/mol. The van der Waals surface area contributed by atoms with Crippen molar-refractivity contribution in [1.29, 1.82) is 0 Å². The molecular formula is C20H29N3O3. The van der Waals surface area contributed by atoms with E-state index in [0.717, 1.165) is 38.6 Å². The number of aryl methyl sites for hydroxylation is 1. The average Bonchev–Trinajstić information content (AvgIpc) is 3.07.